The first-order chi connectivity index (χ1) is 16.6. The van der Waals surface area contributed by atoms with E-state index in [1.807, 2.05) is 6.07 Å². The molecule has 1 fully saturated rings. The van der Waals surface area contributed by atoms with Crippen molar-refractivity contribution >= 4 is 0 Å². The minimum absolute atomic E-state index is 0.0775. The first-order valence-corrected chi connectivity index (χ1v) is 13.7. The first kappa shape index (κ1) is 26.3. The smallest absolute Gasteiger partial charge is 0.128 e. The van der Waals surface area contributed by atoms with Gasteiger partial charge in [0.1, 0.15) is 11.6 Å². The van der Waals surface area contributed by atoms with E-state index in [1.54, 1.807) is 0 Å². The van der Waals surface area contributed by atoms with Crippen LogP contribution in [0, 0.1) is 23.6 Å². The summed E-state index contributed by atoms with van der Waals surface area (Å²) >= 11 is 0. The lowest BCUT2D eigenvalue weighted by atomic mass is 9.77. The Morgan fingerprint density at radius 2 is 1.56 bits per heavy atom. The summed E-state index contributed by atoms with van der Waals surface area (Å²) in [6.45, 7) is 6.55. The topological polar surface area (TPSA) is 9.23 Å². The Labute approximate surface area is 207 Å². The molecule has 2 aromatic rings. The van der Waals surface area contributed by atoms with Crippen molar-refractivity contribution in [1.82, 2.24) is 0 Å². The van der Waals surface area contributed by atoms with Gasteiger partial charge in [-0.2, -0.15) is 0 Å². The van der Waals surface area contributed by atoms with Crippen molar-refractivity contribution in [2.45, 2.75) is 110 Å². The molecule has 34 heavy (non-hydrogen) atoms. The highest BCUT2D eigenvalue weighted by molar-refractivity contribution is 5.46. The molecule has 2 aromatic carbocycles. The molecule has 1 aliphatic rings. The first-order valence-electron chi connectivity index (χ1n) is 13.7. The third-order valence-electron chi connectivity index (χ3n) is 7.22. The Bertz CT molecular complexity index is 912. The van der Waals surface area contributed by atoms with Crippen molar-refractivity contribution < 1.29 is 9.13 Å². The van der Waals surface area contributed by atoms with E-state index in [-0.39, 0.29) is 11.9 Å². The molecule has 0 aromatic heterocycles. The van der Waals surface area contributed by atoms with E-state index in [2.05, 4.69) is 56.9 Å². The van der Waals surface area contributed by atoms with Gasteiger partial charge >= 0.3 is 0 Å². The molecule has 0 bridgehead atoms. The second-order valence-corrected chi connectivity index (χ2v) is 10.2. The third-order valence-corrected chi connectivity index (χ3v) is 7.22. The summed E-state index contributed by atoms with van der Waals surface area (Å²) in [5.41, 5.74) is 3.06. The van der Waals surface area contributed by atoms with Crippen molar-refractivity contribution in [3.8, 4) is 17.6 Å². The fourth-order valence-electron chi connectivity index (χ4n) is 5.11. The van der Waals surface area contributed by atoms with Gasteiger partial charge in [-0.1, -0.05) is 76.3 Å². The lowest BCUT2D eigenvalue weighted by Crippen LogP contribution is -2.13. The Morgan fingerprint density at radius 1 is 0.853 bits per heavy atom. The quantitative estimate of drug-likeness (QED) is 0.239. The number of benzene rings is 2. The molecule has 0 heterocycles. The number of rotatable bonds is 11. The molecule has 1 aliphatic carbocycles. The van der Waals surface area contributed by atoms with Crippen LogP contribution in [0.3, 0.4) is 0 Å². The van der Waals surface area contributed by atoms with Crippen LogP contribution >= 0.6 is 0 Å². The molecule has 0 N–H and O–H groups in total. The van der Waals surface area contributed by atoms with Crippen molar-refractivity contribution in [1.29, 1.82) is 0 Å². The SMILES string of the molecule is CCCCCC[C@H](C)Oc1cc(F)cc(C#Cc2ccc(C3CCC(CCCC)CC3)cc2)c1. The fraction of sp³-hybridized carbons (Fsp3) is 0.562. The molecular formula is C32H43FO. The summed E-state index contributed by atoms with van der Waals surface area (Å²) in [4.78, 5) is 0. The Kier molecular flexibility index (Phi) is 11.0. The minimum atomic E-state index is -0.301. The molecule has 2 heteroatoms. The van der Waals surface area contributed by atoms with Crippen LogP contribution in [0.15, 0.2) is 42.5 Å². The van der Waals surface area contributed by atoms with Crippen LogP contribution in [0.5, 0.6) is 5.75 Å². The van der Waals surface area contributed by atoms with Gasteiger partial charge in [-0.15, -0.1) is 0 Å². The molecule has 0 unspecified atom stereocenters. The lowest BCUT2D eigenvalue weighted by Gasteiger charge is -2.28. The molecule has 0 saturated heterocycles. The van der Waals surface area contributed by atoms with E-state index in [4.69, 9.17) is 4.74 Å². The highest BCUT2D eigenvalue weighted by Gasteiger charge is 2.21. The van der Waals surface area contributed by atoms with Crippen LogP contribution in [0.1, 0.15) is 120 Å². The van der Waals surface area contributed by atoms with Crippen molar-refractivity contribution in [3.05, 3.63) is 65.0 Å². The number of unbranched alkanes of at least 4 members (excludes halogenated alkanes) is 4. The van der Waals surface area contributed by atoms with E-state index < -0.39 is 0 Å². The summed E-state index contributed by atoms with van der Waals surface area (Å²) in [5, 5.41) is 0. The van der Waals surface area contributed by atoms with Gasteiger partial charge in [-0.3, -0.25) is 0 Å². The fourth-order valence-corrected chi connectivity index (χ4v) is 5.11. The third kappa shape index (κ3) is 8.83. The number of halogens is 1. The van der Waals surface area contributed by atoms with E-state index in [0.717, 1.165) is 24.3 Å². The van der Waals surface area contributed by atoms with Gasteiger partial charge in [0.15, 0.2) is 0 Å². The van der Waals surface area contributed by atoms with Crippen molar-refractivity contribution in [2.75, 3.05) is 0 Å². The van der Waals surface area contributed by atoms with Gasteiger partial charge in [-0.05, 0) is 87.1 Å². The maximum atomic E-state index is 14.2. The zero-order valence-corrected chi connectivity index (χ0v) is 21.5. The van der Waals surface area contributed by atoms with Crippen LogP contribution in [0.2, 0.25) is 0 Å². The van der Waals surface area contributed by atoms with Gasteiger partial charge in [0.25, 0.3) is 0 Å². The van der Waals surface area contributed by atoms with Gasteiger partial charge in [0.2, 0.25) is 0 Å². The second kappa shape index (κ2) is 14.2. The zero-order chi connectivity index (χ0) is 24.2. The number of hydrogen-bond acceptors (Lipinski definition) is 1. The molecule has 1 atom stereocenters. The molecule has 1 saturated carbocycles. The van der Waals surface area contributed by atoms with Gasteiger partial charge in [-0.25, -0.2) is 4.39 Å². The Morgan fingerprint density at radius 3 is 2.26 bits per heavy atom. The normalized spacial score (nSPS) is 18.7. The molecule has 3 rings (SSSR count). The Hall–Kier alpha value is -2.27. The lowest BCUT2D eigenvalue weighted by molar-refractivity contribution is 0.205. The van der Waals surface area contributed by atoms with Crippen LogP contribution in [0.25, 0.3) is 0 Å². The summed E-state index contributed by atoms with van der Waals surface area (Å²) < 4.78 is 20.1. The van der Waals surface area contributed by atoms with Crippen LogP contribution in [0.4, 0.5) is 4.39 Å². The molecule has 1 nitrogen and oxygen atoms in total. The van der Waals surface area contributed by atoms with Crippen LogP contribution in [-0.2, 0) is 0 Å². The molecule has 0 aliphatic heterocycles. The Balaban J connectivity index is 1.55. The largest absolute Gasteiger partial charge is 0.491 e. The molecule has 0 radical (unpaired) electrons. The minimum Gasteiger partial charge on any atom is -0.491 e. The maximum Gasteiger partial charge on any atom is 0.128 e. The second-order valence-electron chi connectivity index (χ2n) is 10.2. The molecule has 0 amide bonds. The summed E-state index contributed by atoms with van der Waals surface area (Å²) in [7, 11) is 0. The monoisotopic (exact) mass is 462 g/mol. The average Bonchev–Trinajstić information content (AvgIpc) is 2.84. The van der Waals surface area contributed by atoms with E-state index >= 15 is 0 Å². The predicted octanol–water partition coefficient (Wildman–Crippen LogP) is 9.43. The predicted molar refractivity (Wildman–Crippen MR) is 142 cm³/mol. The van der Waals surface area contributed by atoms with Gasteiger partial charge in [0.05, 0.1) is 6.10 Å². The molecular weight excluding hydrogens is 419 g/mol. The average molecular weight is 463 g/mol. The number of ether oxygens (including phenoxy) is 1. The zero-order valence-electron chi connectivity index (χ0n) is 21.5. The summed E-state index contributed by atoms with van der Waals surface area (Å²) in [6, 6.07) is 13.5. The van der Waals surface area contributed by atoms with E-state index in [9.17, 15) is 4.39 Å². The van der Waals surface area contributed by atoms with E-state index in [0.29, 0.717) is 17.2 Å². The van der Waals surface area contributed by atoms with Gasteiger partial charge in [0, 0.05) is 17.2 Å². The van der Waals surface area contributed by atoms with Crippen LogP contribution in [-0.4, -0.2) is 6.10 Å². The standard InChI is InChI=1S/C32H43FO/c1-4-6-8-9-10-25(3)34-32-23-28(22-31(33)24-32)13-12-27-16-20-30(21-17-27)29-18-14-26(15-19-29)11-7-5-2/h16-17,20-26,29H,4-11,14-15,18-19H2,1-3H3/t25-,26?,29?/m0/s1. The number of hydrogen-bond donors (Lipinski definition) is 0. The molecule has 0 spiro atoms. The molecule has 184 valence electrons. The highest BCUT2D eigenvalue weighted by atomic mass is 19.1. The van der Waals surface area contributed by atoms with Crippen molar-refractivity contribution in [3.63, 3.8) is 0 Å². The van der Waals surface area contributed by atoms with Crippen molar-refractivity contribution in [2.24, 2.45) is 5.92 Å². The summed E-state index contributed by atoms with van der Waals surface area (Å²) in [5.74, 6) is 8.22. The highest BCUT2D eigenvalue weighted by Crippen LogP contribution is 2.37. The van der Waals surface area contributed by atoms with Gasteiger partial charge < -0.3 is 4.74 Å². The summed E-state index contributed by atoms with van der Waals surface area (Å²) in [6.07, 6.45) is 15.4. The van der Waals surface area contributed by atoms with Crippen LogP contribution < -0.4 is 4.74 Å². The maximum absolute atomic E-state index is 14.2. The van der Waals surface area contributed by atoms with E-state index in [1.165, 1.54) is 81.9 Å².